The van der Waals surface area contributed by atoms with E-state index < -0.39 is 0 Å². The number of carbonyl (C=O) groups excluding carboxylic acids is 1. The first kappa shape index (κ1) is 16.4. The van der Waals surface area contributed by atoms with Crippen LogP contribution in [0.1, 0.15) is 17.4 Å². The number of aromatic nitrogens is 3. The Morgan fingerprint density at radius 1 is 1.07 bits per heavy atom. The fourth-order valence-electron chi connectivity index (χ4n) is 3.13. The van der Waals surface area contributed by atoms with E-state index in [9.17, 15) is 4.79 Å². The van der Waals surface area contributed by atoms with Gasteiger partial charge in [0.25, 0.3) is 0 Å². The highest BCUT2D eigenvalue weighted by Gasteiger charge is 2.20. The van der Waals surface area contributed by atoms with Crippen molar-refractivity contribution in [2.75, 3.05) is 21.3 Å². The van der Waals surface area contributed by atoms with Crippen LogP contribution in [0.2, 0.25) is 0 Å². The van der Waals surface area contributed by atoms with Crippen molar-refractivity contribution in [1.29, 1.82) is 0 Å². The predicted molar refractivity (Wildman–Crippen MR) is 105 cm³/mol. The molecule has 4 aromatic rings. The van der Waals surface area contributed by atoms with E-state index in [0.29, 0.717) is 39.9 Å². The normalized spacial score (nSPS) is 11.3. The number of nitrogens with zero attached hydrogens (tertiary/aromatic N) is 1. The van der Waals surface area contributed by atoms with Crippen LogP contribution in [0.4, 0.5) is 0 Å². The minimum absolute atomic E-state index is 0.229. The number of ketones is 1. The van der Waals surface area contributed by atoms with Crippen molar-refractivity contribution in [1.82, 2.24) is 15.0 Å². The number of hydrogen-bond acceptors (Lipinski definition) is 5. The second-order valence-electron chi connectivity index (χ2n) is 6.06. The van der Waals surface area contributed by atoms with Gasteiger partial charge >= 0.3 is 0 Å². The van der Waals surface area contributed by atoms with E-state index in [1.807, 2.05) is 24.3 Å². The predicted octanol–water partition coefficient (Wildman–Crippen LogP) is 3.81. The largest absolute Gasteiger partial charge is 0.493 e. The van der Waals surface area contributed by atoms with E-state index in [2.05, 4.69) is 15.0 Å². The molecule has 7 nitrogen and oxygen atoms in total. The monoisotopic (exact) mass is 378 g/mol. The molecule has 2 heterocycles. The fraction of sp³-hybridized carbons (Fsp3) is 0.143. The van der Waals surface area contributed by atoms with Gasteiger partial charge in [0, 0.05) is 28.2 Å². The second kappa shape index (κ2) is 7.11. The maximum atomic E-state index is 13.0. The second-order valence-corrected chi connectivity index (χ2v) is 6.06. The molecule has 4 rings (SSSR count). The van der Waals surface area contributed by atoms with Gasteiger partial charge < -0.3 is 24.2 Å². The Kier molecular flexibility index (Phi) is 4.17. The number of imidazole rings is 1. The van der Waals surface area contributed by atoms with Gasteiger partial charge in [0.1, 0.15) is 11.5 Å². The maximum absolute atomic E-state index is 13.0. The molecule has 0 radical (unpaired) electrons. The van der Waals surface area contributed by atoms with Crippen molar-refractivity contribution < 1.29 is 20.4 Å². The number of fused-ring (bicyclic) bond motifs is 1. The summed E-state index contributed by atoms with van der Waals surface area (Å²) in [6.07, 6.45) is 1.69. The molecule has 0 bridgehead atoms. The molecule has 0 saturated carbocycles. The fourth-order valence-corrected chi connectivity index (χ4v) is 3.13. The first-order chi connectivity index (χ1) is 14.1. The van der Waals surface area contributed by atoms with Gasteiger partial charge in [-0.1, -0.05) is 18.2 Å². The SMILES string of the molecule is [2H]c1[nH]c2ccccc2c1-c1ncc(C(=O)c2cc(OC)c(OC)c(OC)c2)[nH]1. The zero-order chi connectivity index (χ0) is 20.5. The molecule has 2 aromatic carbocycles. The van der Waals surface area contributed by atoms with Crippen molar-refractivity contribution in [2.24, 2.45) is 0 Å². The molecule has 0 fully saturated rings. The third-order valence-corrected chi connectivity index (χ3v) is 4.50. The Balaban J connectivity index is 1.75. The summed E-state index contributed by atoms with van der Waals surface area (Å²) in [5, 5.41) is 0.860. The summed E-state index contributed by atoms with van der Waals surface area (Å²) in [6, 6.07) is 10.8. The summed E-state index contributed by atoms with van der Waals surface area (Å²) in [4.78, 5) is 23.4. The van der Waals surface area contributed by atoms with E-state index >= 15 is 0 Å². The minimum atomic E-state index is -0.283. The van der Waals surface area contributed by atoms with Crippen molar-refractivity contribution in [3.63, 3.8) is 0 Å². The van der Waals surface area contributed by atoms with E-state index in [0.717, 1.165) is 10.9 Å². The Hall–Kier alpha value is -3.74. The molecule has 142 valence electrons. The van der Waals surface area contributed by atoms with Crippen LogP contribution in [-0.2, 0) is 0 Å². The zero-order valence-electron chi connectivity index (χ0n) is 16.6. The van der Waals surface area contributed by atoms with Crippen LogP contribution >= 0.6 is 0 Å². The lowest BCUT2D eigenvalue weighted by Crippen LogP contribution is -2.04. The van der Waals surface area contributed by atoms with Gasteiger partial charge in [-0.25, -0.2) is 4.98 Å². The summed E-state index contributed by atoms with van der Waals surface area (Å²) < 4.78 is 24.2. The van der Waals surface area contributed by atoms with Crippen LogP contribution in [-0.4, -0.2) is 42.1 Å². The molecule has 7 heteroatoms. The molecule has 0 saturated heterocycles. The van der Waals surface area contributed by atoms with E-state index in [-0.39, 0.29) is 12.0 Å². The number of nitrogens with one attached hydrogen (secondary N) is 2. The summed E-state index contributed by atoms with van der Waals surface area (Å²) in [6.45, 7) is 0. The third-order valence-electron chi connectivity index (χ3n) is 4.50. The van der Waals surface area contributed by atoms with Gasteiger partial charge in [-0.2, -0.15) is 0 Å². The molecule has 2 aromatic heterocycles. The van der Waals surface area contributed by atoms with Gasteiger partial charge in [-0.15, -0.1) is 0 Å². The number of ether oxygens (including phenoxy) is 3. The summed E-state index contributed by atoms with van der Waals surface area (Å²) in [5.74, 6) is 1.35. The molecule has 0 atom stereocenters. The summed E-state index contributed by atoms with van der Waals surface area (Å²) >= 11 is 0. The van der Waals surface area contributed by atoms with Crippen molar-refractivity contribution in [3.8, 4) is 28.6 Å². The molecule has 0 unspecified atom stereocenters. The highest BCUT2D eigenvalue weighted by Crippen LogP contribution is 2.38. The van der Waals surface area contributed by atoms with Gasteiger partial charge in [-0.05, 0) is 18.2 Å². The van der Waals surface area contributed by atoms with Crippen LogP contribution in [0.3, 0.4) is 0 Å². The molecule has 28 heavy (non-hydrogen) atoms. The molecule has 0 aliphatic carbocycles. The van der Waals surface area contributed by atoms with Crippen molar-refractivity contribution in [2.45, 2.75) is 0 Å². The lowest BCUT2D eigenvalue weighted by Gasteiger charge is -2.13. The van der Waals surface area contributed by atoms with Crippen molar-refractivity contribution >= 4 is 16.7 Å². The number of para-hydroxylation sites is 1. The van der Waals surface area contributed by atoms with Crippen LogP contribution in [0.5, 0.6) is 17.2 Å². The number of benzene rings is 2. The molecular weight excluding hydrogens is 358 g/mol. The first-order valence-corrected chi connectivity index (χ1v) is 8.54. The molecule has 0 aliphatic heterocycles. The Morgan fingerprint density at radius 2 is 1.79 bits per heavy atom. The molecule has 0 spiro atoms. The summed E-state index contributed by atoms with van der Waals surface area (Å²) in [5.41, 5.74) is 2.10. The van der Waals surface area contributed by atoms with E-state index in [1.165, 1.54) is 27.5 Å². The van der Waals surface area contributed by atoms with Crippen molar-refractivity contribution in [3.05, 3.63) is 60.0 Å². The van der Waals surface area contributed by atoms with E-state index in [1.54, 1.807) is 12.1 Å². The number of H-pyrrole nitrogens is 2. The zero-order valence-corrected chi connectivity index (χ0v) is 15.6. The van der Waals surface area contributed by atoms with Gasteiger partial charge in [0.15, 0.2) is 11.5 Å². The minimum Gasteiger partial charge on any atom is -0.493 e. The standard InChI is InChI=1S/C21H19N3O4/c1-26-17-8-12(9-18(27-2)20(17)28-3)19(25)16-11-23-21(24-16)14-10-22-15-7-5-4-6-13(14)15/h4-11,22H,1-3H3,(H,23,24)/i10D. The third kappa shape index (κ3) is 2.87. The van der Waals surface area contributed by atoms with Gasteiger partial charge in [0.05, 0.1) is 28.9 Å². The molecular formula is C21H19N3O4. The molecule has 0 amide bonds. The van der Waals surface area contributed by atoms with Crippen LogP contribution in [0.15, 0.2) is 48.8 Å². The quantitative estimate of drug-likeness (QED) is 0.498. The number of carbonyl (C=O) groups is 1. The van der Waals surface area contributed by atoms with Crippen LogP contribution in [0, 0.1) is 0 Å². The molecule has 2 N–H and O–H groups in total. The molecule has 0 aliphatic rings. The first-order valence-electron chi connectivity index (χ1n) is 9.04. The lowest BCUT2D eigenvalue weighted by molar-refractivity contribution is 0.103. The highest BCUT2D eigenvalue weighted by atomic mass is 16.5. The lowest BCUT2D eigenvalue weighted by atomic mass is 10.1. The Morgan fingerprint density at radius 3 is 2.46 bits per heavy atom. The maximum Gasteiger partial charge on any atom is 0.211 e. The average molecular weight is 378 g/mol. The highest BCUT2D eigenvalue weighted by molar-refractivity contribution is 6.09. The number of methoxy groups -OCH3 is 3. The smallest absolute Gasteiger partial charge is 0.211 e. The van der Waals surface area contributed by atoms with Crippen LogP contribution in [0.25, 0.3) is 22.3 Å². The summed E-state index contributed by atoms with van der Waals surface area (Å²) in [7, 11) is 4.49. The number of rotatable bonds is 6. The Bertz CT molecular complexity index is 1190. The van der Waals surface area contributed by atoms with Crippen LogP contribution < -0.4 is 14.2 Å². The Labute approximate surface area is 162 Å². The van der Waals surface area contributed by atoms with Gasteiger partial charge in [-0.3, -0.25) is 4.79 Å². The van der Waals surface area contributed by atoms with E-state index in [4.69, 9.17) is 15.6 Å². The van der Waals surface area contributed by atoms with Gasteiger partial charge in [0.2, 0.25) is 11.5 Å². The number of aromatic amines is 2. The topological polar surface area (TPSA) is 89.2 Å². The number of hydrogen-bond donors (Lipinski definition) is 2. The average Bonchev–Trinajstić information content (AvgIpc) is 3.35.